The largest absolute Gasteiger partial charge is 0.494 e. The first-order valence-electron chi connectivity index (χ1n) is 8.61. The molecule has 1 atom stereocenters. The van der Waals surface area contributed by atoms with Gasteiger partial charge in [-0.05, 0) is 18.8 Å². The van der Waals surface area contributed by atoms with E-state index < -0.39 is 11.2 Å². The Balaban J connectivity index is 2.36. The van der Waals surface area contributed by atoms with Crippen LogP contribution in [0.4, 0.5) is 0 Å². The van der Waals surface area contributed by atoms with Gasteiger partial charge in [-0.1, -0.05) is 33.1 Å². The van der Waals surface area contributed by atoms with Gasteiger partial charge in [0.1, 0.15) is 5.56 Å². The number of aliphatic imine (C=N–C) groups is 1. The molecule has 0 amide bonds. The lowest BCUT2D eigenvalue weighted by Crippen LogP contribution is -2.30. The second-order valence-electron chi connectivity index (χ2n) is 5.94. The number of hydrogen-bond donors (Lipinski definition) is 2. The van der Waals surface area contributed by atoms with Gasteiger partial charge in [-0.25, -0.2) is 4.79 Å². The molecule has 7 heteroatoms. The SMILES string of the molecule is CCCC[C@@H](CC)COCCCN=Cc1c(O)n(C)c(=O)[nH]c1=O. The lowest BCUT2D eigenvalue weighted by atomic mass is 10.0. The molecule has 7 nitrogen and oxygen atoms in total. The van der Waals surface area contributed by atoms with Crippen LogP contribution in [-0.2, 0) is 11.8 Å². The molecule has 0 aromatic carbocycles. The highest BCUT2D eigenvalue weighted by Crippen LogP contribution is 2.12. The van der Waals surface area contributed by atoms with Crippen LogP contribution in [0.15, 0.2) is 14.6 Å². The van der Waals surface area contributed by atoms with Gasteiger partial charge >= 0.3 is 5.69 Å². The quantitative estimate of drug-likeness (QED) is 0.475. The molecule has 24 heavy (non-hydrogen) atoms. The average Bonchev–Trinajstić information content (AvgIpc) is 2.57. The standard InChI is InChI=1S/C17H29N3O4/c1-4-6-8-13(5-2)12-24-10-7-9-18-11-14-15(21)19-17(23)20(3)16(14)22/h11,13,22H,4-10,12H2,1-3H3,(H,19,21,23)/t13-/m1/s1. The number of aromatic amines is 1. The van der Waals surface area contributed by atoms with E-state index in [1.807, 2.05) is 0 Å². The number of nitrogens with one attached hydrogen (secondary N) is 1. The summed E-state index contributed by atoms with van der Waals surface area (Å²) in [4.78, 5) is 29.2. The van der Waals surface area contributed by atoms with Crippen molar-refractivity contribution in [1.29, 1.82) is 0 Å². The molecule has 0 spiro atoms. The molecule has 0 fully saturated rings. The van der Waals surface area contributed by atoms with Gasteiger partial charge in [-0.3, -0.25) is 19.3 Å². The summed E-state index contributed by atoms with van der Waals surface area (Å²) in [5, 5.41) is 9.79. The van der Waals surface area contributed by atoms with Crippen LogP contribution in [0.2, 0.25) is 0 Å². The molecule has 2 N–H and O–H groups in total. The van der Waals surface area contributed by atoms with E-state index in [0.29, 0.717) is 19.1 Å². The molecule has 1 rings (SSSR count). The minimum atomic E-state index is -0.656. The van der Waals surface area contributed by atoms with Crippen molar-refractivity contribution in [3.8, 4) is 5.88 Å². The zero-order valence-corrected chi connectivity index (χ0v) is 14.9. The van der Waals surface area contributed by atoms with Crippen molar-refractivity contribution in [2.24, 2.45) is 18.0 Å². The second kappa shape index (κ2) is 10.8. The second-order valence-corrected chi connectivity index (χ2v) is 5.94. The van der Waals surface area contributed by atoms with Gasteiger partial charge in [0.25, 0.3) is 5.56 Å². The van der Waals surface area contributed by atoms with Crippen LogP contribution < -0.4 is 11.2 Å². The first kappa shape index (κ1) is 20.2. The van der Waals surface area contributed by atoms with Gasteiger partial charge in [0.05, 0.1) is 0 Å². The zero-order chi connectivity index (χ0) is 17.9. The Bertz CT molecular complexity index is 634. The van der Waals surface area contributed by atoms with E-state index in [1.165, 1.54) is 32.5 Å². The molecule has 1 aromatic rings. The van der Waals surface area contributed by atoms with E-state index in [2.05, 4.69) is 23.8 Å². The minimum absolute atomic E-state index is 0.0105. The Morgan fingerprint density at radius 1 is 1.33 bits per heavy atom. The molecule has 0 aliphatic rings. The molecule has 136 valence electrons. The molecule has 1 aromatic heterocycles. The molecule has 0 unspecified atom stereocenters. The third-order valence-electron chi connectivity index (χ3n) is 4.02. The molecular formula is C17H29N3O4. The van der Waals surface area contributed by atoms with E-state index in [9.17, 15) is 14.7 Å². The fourth-order valence-electron chi connectivity index (χ4n) is 2.30. The summed E-state index contributed by atoms with van der Waals surface area (Å²) in [7, 11) is 1.38. The number of unbranched alkanes of at least 4 members (excludes halogenated alkanes) is 1. The van der Waals surface area contributed by atoms with Gasteiger partial charge in [0, 0.05) is 33.0 Å². The molecule has 0 aliphatic heterocycles. The number of ether oxygens (including phenoxy) is 1. The summed E-state index contributed by atoms with van der Waals surface area (Å²) in [6.45, 7) is 6.27. The van der Waals surface area contributed by atoms with Crippen LogP contribution in [0.1, 0.15) is 51.5 Å². The smallest absolute Gasteiger partial charge is 0.330 e. The van der Waals surface area contributed by atoms with Crippen molar-refractivity contribution < 1.29 is 9.84 Å². The third-order valence-corrected chi connectivity index (χ3v) is 4.02. The van der Waals surface area contributed by atoms with Crippen molar-refractivity contribution in [3.05, 3.63) is 26.4 Å². The summed E-state index contributed by atoms with van der Waals surface area (Å²) in [5.41, 5.74) is -1.31. The van der Waals surface area contributed by atoms with Gasteiger partial charge in [-0.2, -0.15) is 0 Å². The number of rotatable bonds is 11. The summed E-state index contributed by atoms with van der Waals surface area (Å²) in [5.74, 6) is 0.236. The Hall–Kier alpha value is -1.89. The highest BCUT2D eigenvalue weighted by Gasteiger charge is 2.09. The predicted octanol–water partition coefficient (Wildman–Crippen LogP) is 1.82. The number of aromatic nitrogens is 2. The predicted molar refractivity (Wildman–Crippen MR) is 95.2 cm³/mol. The third kappa shape index (κ3) is 6.31. The maximum absolute atomic E-state index is 11.6. The van der Waals surface area contributed by atoms with E-state index in [-0.39, 0.29) is 11.4 Å². The Kier molecular flexibility index (Phi) is 9.07. The molecule has 0 bridgehead atoms. The lowest BCUT2D eigenvalue weighted by Gasteiger charge is -2.14. The summed E-state index contributed by atoms with van der Waals surface area (Å²) < 4.78 is 6.65. The monoisotopic (exact) mass is 339 g/mol. The first-order chi connectivity index (χ1) is 11.5. The molecule has 0 saturated carbocycles. The lowest BCUT2D eigenvalue weighted by molar-refractivity contribution is 0.0933. The number of nitrogens with zero attached hydrogens (tertiary/aromatic N) is 2. The zero-order valence-electron chi connectivity index (χ0n) is 14.9. The summed E-state index contributed by atoms with van der Waals surface area (Å²) >= 11 is 0. The number of aromatic hydroxyl groups is 1. The topological polar surface area (TPSA) is 96.7 Å². The summed E-state index contributed by atoms with van der Waals surface area (Å²) in [6.07, 6.45) is 6.83. The molecule has 1 heterocycles. The van der Waals surface area contributed by atoms with Crippen molar-refractivity contribution in [2.75, 3.05) is 19.8 Å². The average molecular weight is 339 g/mol. The van der Waals surface area contributed by atoms with Gasteiger partial charge in [0.15, 0.2) is 0 Å². The van der Waals surface area contributed by atoms with Crippen molar-refractivity contribution in [3.63, 3.8) is 0 Å². The maximum Gasteiger partial charge on any atom is 0.330 e. The van der Waals surface area contributed by atoms with Crippen LogP contribution in [0.3, 0.4) is 0 Å². The molecule has 0 saturated heterocycles. The fourth-order valence-corrected chi connectivity index (χ4v) is 2.30. The van der Waals surface area contributed by atoms with Gasteiger partial charge in [-0.15, -0.1) is 0 Å². The molecular weight excluding hydrogens is 310 g/mol. The first-order valence-corrected chi connectivity index (χ1v) is 8.61. The van der Waals surface area contributed by atoms with E-state index in [1.54, 1.807) is 0 Å². The van der Waals surface area contributed by atoms with Crippen LogP contribution in [-0.4, -0.2) is 40.6 Å². The Morgan fingerprint density at radius 3 is 2.75 bits per heavy atom. The Morgan fingerprint density at radius 2 is 2.08 bits per heavy atom. The number of hydrogen-bond acceptors (Lipinski definition) is 5. The highest BCUT2D eigenvalue weighted by molar-refractivity contribution is 5.81. The number of H-pyrrole nitrogens is 1. The van der Waals surface area contributed by atoms with Crippen LogP contribution in [0.25, 0.3) is 0 Å². The normalized spacial score (nSPS) is 12.8. The highest BCUT2D eigenvalue weighted by atomic mass is 16.5. The van der Waals surface area contributed by atoms with E-state index in [0.717, 1.165) is 24.0 Å². The van der Waals surface area contributed by atoms with Gasteiger partial charge < -0.3 is 9.84 Å². The van der Waals surface area contributed by atoms with Gasteiger partial charge in [0.2, 0.25) is 5.88 Å². The summed E-state index contributed by atoms with van der Waals surface area (Å²) in [6, 6.07) is 0. The van der Waals surface area contributed by atoms with Crippen LogP contribution in [0, 0.1) is 5.92 Å². The molecule has 0 aliphatic carbocycles. The Labute approximate surface area is 142 Å². The molecule has 0 radical (unpaired) electrons. The van der Waals surface area contributed by atoms with Crippen LogP contribution >= 0.6 is 0 Å². The van der Waals surface area contributed by atoms with Crippen LogP contribution in [0.5, 0.6) is 5.88 Å². The van der Waals surface area contributed by atoms with E-state index >= 15 is 0 Å². The minimum Gasteiger partial charge on any atom is -0.494 e. The van der Waals surface area contributed by atoms with Crippen molar-refractivity contribution in [2.45, 2.75) is 46.0 Å². The van der Waals surface area contributed by atoms with E-state index in [4.69, 9.17) is 4.74 Å². The van der Waals surface area contributed by atoms with Crippen molar-refractivity contribution >= 4 is 6.21 Å². The van der Waals surface area contributed by atoms with Crippen molar-refractivity contribution in [1.82, 2.24) is 9.55 Å². The maximum atomic E-state index is 11.6. The fraction of sp³-hybridized carbons (Fsp3) is 0.706.